The predicted molar refractivity (Wildman–Crippen MR) is 56.4 cm³/mol. The summed E-state index contributed by atoms with van der Waals surface area (Å²) in [5.74, 6) is -0.797. The number of nitrogens with zero attached hydrogens (tertiary/aromatic N) is 1. The fraction of sp³-hybridized carbons (Fsp3) is 0.0909. The molecule has 0 saturated heterocycles. The summed E-state index contributed by atoms with van der Waals surface area (Å²) in [4.78, 5) is 22.6. The molecule has 0 aliphatic heterocycles. The van der Waals surface area contributed by atoms with Crippen LogP contribution in [0, 0.1) is 5.82 Å². The van der Waals surface area contributed by atoms with E-state index in [1.807, 2.05) is 0 Å². The molecule has 0 saturated carbocycles. The SMILES string of the molecule is CC(=O)c1cc(=O)n(-c2ccccc2F)[nH]1. The number of aromatic nitrogens is 2. The van der Waals surface area contributed by atoms with Gasteiger partial charge in [0, 0.05) is 13.0 Å². The molecule has 0 amide bonds. The van der Waals surface area contributed by atoms with E-state index in [0.717, 1.165) is 10.7 Å². The van der Waals surface area contributed by atoms with Crippen LogP contribution < -0.4 is 5.56 Å². The molecule has 5 heteroatoms. The van der Waals surface area contributed by atoms with Gasteiger partial charge in [-0.05, 0) is 12.1 Å². The van der Waals surface area contributed by atoms with Crippen LogP contribution in [0.15, 0.2) is 35.1 Å². The van der Waals surface area contributed by atoms with Crippen LogP contribution in [0.5, 0.6) is 0 Å². The molecule has 82 valence electrons. The molecule has 2 rings (SSSR count). The van der Waals surface area contributed by atoms with Crippen LogP contribution in [0.3, 0.4) is 0 Å². The first-order chi connectivity index (χ1) is 7.59. The van der Waals surface area contributed by atoms with Gasteiger partial charge in [-0.1, -0.05) is 12.1 Å². The van der Waals surface area contributed by atoms with Gasteiger partial charge < -0.3 is 0 Å². The molecule has 0 bridgehead atoms. The molecule has 0 unspecified atom stereocenters. The van der Waals surface area contributed by atoms with E-state index in [9.17, 15) is 14.0 Å². The number of hydrogen-bond donors (Lipinski definition) is 1. The first-order valence-corrected chi connectivity index (χ1v) is 4.67. The van der Waals surface area contributed by atoms with Crippen LogP contribution in [-0.2, 0) is 0 Å². The smallest absolute Gasteiger partial charge is 0.272 e. The number of ketones is 1. The normalized spacial score (nSPS) is 10.4. The Bertz CT molecular complexity index is 598. The van der Waals surface area contributed by atoms with Gasteiger partial charge in [0.1, 0.15) is 17.2 Å². The Kier molecular flexibility index (Phi) is 2.44. The molecule has 1 aromatic carbocycles. The fourth-order valence-corrected chi connectivity index (χ4v) is 1.39. The van der Waals surface area contributed by atoms with Gasteiger partial charge in [-0.25, -0.2) is 9.07 Å². The molecule has 1 heterocycles. The van der Waals surface area contributed by atoms with E-state index in [2.05, 4.69) is 5.10 Å². The molecule has 0 aliphatic carbocycles. The summed E-state index contributed by atoms with van der Waals surface area (Å²) < 4.78 is 14.4. The zero-order chi connectivity index (χ0) is 11.7. The molecule has 2 aromatic rings. The maximum absolute atomic E-state index is 13.4. The van der Waals surface area contributed by atoms with Gasteiger partial charge in [0.25, 0.3) is 5.56 Å². The minimum Gasteiger partial charge on any atom is -0.293 e. The third-order valence-corrected chi connectivity index (χ3v) is 2.19. The summed E-state index contributed by atoms with van der Waals surface area (Å²) in [6, 6.07) is 6.99. The number of aromatic amines is 1. The van der Waals surface area contributed by atoms with Crippen LogP contribution >= 0.6 is 0 Å². The highest BCUT2D eigenvalue weighted by Gasteiger charge is 2.10. The van der Waals surface area contributed by atoms with Gasteiger partial charge in [0.05, 0.1) is 0 Å². The third kappa shape index (κ3) is 1.67. The number of carbonyl (C=O) groups excluding carboxylic acids is 1. The standard InChI is InChI=1S/C11H9FN2O2/c1-7(15)9-6-11(16)14(13-9)10-5-3-2-4-8(10)12/h2-6,13H,1H3. The largest absolute Gasteiger partial charge is 0.293 e. The quantitative estimate of drug-likeness (QED) is 0.780. The second-order valence-electron chi connectivity index (χ2n) is 3.35. The zero-order valence-corrected chi connectivity index (χ0v) is 8.53. The Morgan fingerprint density at radius 1 is 1.38 bits per heavy atom. The van der Waals surface area contributed by atoms with E-state index in [1.54, 1.807) is 6.07 Å². The number of halogens is 1. The van der Waals surface area contributed by atoms with Crippen molar-refractivity contribution in [3.05, 3.63) is 52.2 Å². The Hall–Kier alpha value is -2.17. The van der Waals surface area contributed by atoms with Crippen molar-refractivity contribution < 1.29 is 9.18 Å². The van der Waals surface area contributed by atoms with Crippen LogP contribution in [-0.4, -0.2) is 15.6 Å². The van der Waals surface area contributed by atoms with Gasteiger partial charge >= 0.3 is 0 Å². The molecule has 1 N–H and O–H groups in total. The van der Waals surface area contributed by atoms with E-state index in [0.29, 0.717) is 0 Å². The van der Waals surface area contributed by atoms with Gasteiger partial charge in [-0.2, -0.15) is 0 Å². The second-order valence-corrected chi connectivity index (χ2v) is 3.35. The van der Waals surface area contributed by atoms with Crippen molar-refractivity contribution >= 4 is 5.78 Å². The molecule has 4 nitrogen and oxygen atoms in total. The number of H-pyrrole nitrogens is 1. The summed E-state index contributed by atoms with van der Waals surface area (Å²) in [5.41, 5.74) is -0.205. The van der Waals surface area contributed by atoms with Crippen molar-refractivity contribution in [3.8, 4) is 5.69 Å². The number of carbonyl (C=O) groups is 1. The highest BCUT2D eigenvalue weighted by atomic mass is 19.1. The highest BCUT2D eigenvalue weighted by Crippen LogP contribution is 2.09. The first-order valence-electron chi connectivity index (χ1n) is 4.67. The maximum atomic E-state index is 13.4. The van der Waals surface area contributed by atoms with E-state index in [4.69, 9.17) is 0 Å². The predicted octanol–water partition coefficient (Wildman–Crippen LogP) is 1.51. The second kappa shape index (κ2) is 3.77. The minimum absolute atomic E-state index is 0.0972. The first kappa shape index (κ1) is 10.4. The van der Waals surface area contributed by atoms with Crippen molar-refractivity contribution in [1.29, 1.82) is 0 Å². The van der Waals surface area contributed by atoms with Gasteiger partial charge in [0.15, 0.2) is 5.78 Å². The zero-order valence-electron chi connectivity index (χ0n) is 8.53. The lowest BCUT2D eigenvalue weighted by Gasteiger charge is -2.02. The molecule has 0 atom stereocenters. The lowest BCUT2D eigenvalue weighted by molar-refractivity contribution is 0.101. The molecule has 0 aliphatic rings. The molecule has 0 spiro atoms. The number of benzene rings is 1. The molecular formula is C11H9FN2O2. The van der Waals surface area contributed by atoms with Crippen molar-refractivity contribution in [2.24, 2.45) is 0 Å². The summed E-state index contributed by atoms with van der Waals surface area (Å²) in [6.07, 6.45) is 0. The molecule has 1 aromatic heterocycles. The van der Waals surface area contributed by atoms with Crippen molar-refractivity contribution in [3.63, 3.8) is 0 Å². The number of hydrogen-bond acceptors (Lipinski definition) is 2. The topological polar surface area (TPSA) is 54.9 Å². The molecule has 16 heavy (non-hydrogen) atoms. The number of rotatable bonds is 2. The Labute approximate surface area is 90.3 Å². The van der Waals surface area contributed by atoms with Crippen LogP contribution in [0.2, 0.25) is 0 Å². The lowest BCUT2D eigenvalue weighted by Crippen LogP contribution is -2.14. The van der Waals surface area contributed by atoms with Gasteiger partial charge in [-0.15, -0.1) is 0 Å². The average molecular weight is 220 g/mol. The maximum Gasteiger partial charge on any atom is 0.272 e. The van der Waals surface area contributed by atoms with Crippen LogP contribution in [0.25, 0.3) is 5.69 Å². The van der Waals surface area contributed by atoms with Crippen LogP contribution in [0.1, 0.15) is 17.4 Å². The number of nitrogens with one attached hydrogen (secondary N) is 1. The Balaban J connectivity index is 2.61. The van der Waals surface area contributed by atoms with Crippen LogP contribution in [0.4, 0.5) is 4.39 Å². The minimum atomic E-state index is -0.526. The van der Waals surface area contributed by atoms with Gasteiger partial charge in [-0.3, -0.25) is 14.7 Å². The molecular weight excluding hydrogens is 211 g/mol. The highest BCUT2D eigenvalue weighted by molar-refractivity contribution is 5.91. The van der Waals surface area contributed by atoms with E-state index < -0.39 is 11.4 Å². The third-order valence-electron chi connectivity index (χ3n) is 2.19. The summed E-state index contributed by atoms with van der Waals surface area (Å²) in [7, 11) is 0. The summed E-state index contributed by atoms with van der Waals surface area (Å²) in [5, 5.41) is 2.55. The van der Waals surface area contributed by atoms with E-state index in [-0.39, 0.29) is 17.2 Å². The van der Waals surface area contributed by atoms with E-state index >= 15 is 0 Å². The lowest BCUT2D eigenvalue weighted by atomic mass is 10.3. The van der Waals surface area contributed by atoms with E-state index in [1.165, 1.54) is 25.1 Å². The van der Waals surface area contributed by atoms with Crippen molar-refractivity contribution in [2.75, 3.05) is 0 Å². The van der Waals surface area contributed by atoms with Crippen molar-refractivity contribution in [1.82, 2.24) is 9.78 Å². The molecule has 0 radical (unpaired) electrons. The number of para-hydroxylation sites is 1. The number of Topliss-reactive ketones (excluding diaryl/α,β-unsaturated/α-hetero) is 1. The van der Waals surface area contributed by atoms with Gasteiger partial charge in [0.2, 0.25) is 0 Å². The van der Waals surface area contributed by atoms with Crippen molar-refractivity contribution in [2.45, 2.75) is 6.92 Å². The monoisotopic (exact) mass is 220 g/mol. The average Bonchev–Trinajstić information content (AvgIpc) is 2.61. The Morgan fingerprint density at radius 2 is 2.06 bits per heavy atom. The Morgan fingerprint density at radius 3 is 2.62 bits per heavy atom. The fourth-order valence-electron chi connectivity index (χ4n) is 1.39. The summed E-state index contributed by atoms with van der Waals surface area (Å²) >= 11 is 0. The molecule has 0 fully saturated rings. The summed E-state index contributed by atoms with van der Waals surface area (Å²) in [6.45, 7) is 1.33.